The molecule has 1 aliphatic rings. The Hall–Kier alpha value is -1.25. The second kappa shape index (κ2) is 8.42. The van der Waals surface area contributed by atoms with Gasteiger partial charge in [0.15, 0.2) is 0 Å². The van der Waals surface area contributed by atoms with E-state index in [1.807, 2.05) is 20.8 Å². The van der Waals surface area contributed by atoms with Crippen LogP contribution in [0.5, 0.6) is 0 Å². The van der Waals surface area contributed by atoms with Crippen molar-refractivity contribution in [3.63, 3.8) is 0 Å². The first kappa shape index (κ1) is 21.8. The Labute approximate surface area is 152 Å². The summed E-state index contributed by atoms with van der Waals surface area (Å²) in [5.74, 6) is -0.641. The molecule has 1 aliphatic heterocycles. The number of aliphatic hydroxyl groups is 1. The number of aliphatic imine (C=N–C) groups is 1. The number of carbonyl (C=O) groups is 1. The number of allylic oxidation sites excluding steroid dienone is 1. The molecule has 3 N–H and O–H groups in total. The van der Waals surface area contributed by atoms with Crippen molar-refractivity contribution in [2.75, 3.05) is 20.2 Å². The Kier molecular flexibility index (Phi) is 7.34. The molecule has 144 valence electrons. The van der Waals surface area contributed by atoms with E-state index in [9.17, 15) is 14.1 Å². The fourth-order valence-corrected chi connectivity index (χ4v) is 3.65. The maximum absolute atomic E-state index is 12.8. The molecule has 1 amide bonds. The van der Waals surface area contributed by atoms with Crippen LogP contribution in [0, 0.1) is 5.41 Å². The molecule has 0 bridgehead atoms. The van der Waals surface area contributed by atoms with Crippen LogP contribution in [-0.4, -0.2) is 56.4 Å². The molecule has 0 aromatic carbocycles. The highest BCUT2D eigenvalue weighted by Gasteiger charge is 2.39. The third kappa shape index (κ3) is 5.90. The highest BCUT2D eigenvalue weighted by Crippen LogP contribution is 2.24. The van der Waals surface area contributed by atoms with Crippen molar-refractivity contribution in [3.8, 4) is 0 Å². The summed E-state index contributed by atoms with van der Waals surface area (Å²) in [5, 5.41) is 9.94. The molecular weight excluding hydrogens is 342 g/mol. The minimum atomic E-state index is -1.53. The van der Waals surface area contributed by atoms with Gasteiger partial charge in [-0.2, -0.15) is 4.99 Å². The van der Waals surface area contributed by atoms with Crippen molar-refractivity contribution in [2.24, 2.45) is 16.1 Å². The van der Waals surface area contributed by atoms with Crippen LogP contribution < -0.4 is 5.73 Å². The van der Waals surface area contributed by atoms with Crippen molar-refractivity contribution in [3.05, 3.63) is 11.8 Å². The van der Waals surface area contributed by atoms with E-state index in [1.165, 1.54) is 6.08 Å². The number of carbonyl (C=O) groups excluding carboxylic acids is 1. The van der Waals surface area contributed by atoms with Gasteiger partial charge in [0.1, 0.15) is 27.3 Å². The molecule has 1 rings (SSSR count). The maximum Gasteiger partial charge on any atom is 0.267 e. The van der Waals surface area contributed by atoms with Crippen LogP contribution in [0.4, 0.5) is 0 Å². The number of nitrogens with two attached hydrogens (primary N) is 1. The van der Waals surface area contributed by atoms with Gasteiger partial charge in [-0.3, -0.25) is 4.79 Å². The number of hydrogen-bond donors (Lipinski definition) is 2. The normalized spacial score (nSPS) is 20.6. The lowest BCUT2D eigenvalue weighted by atomic mass is 9.93. The summed E-state index contributed by atoms with van der Waals surface area (Å²) in [7, 11) is 0.142. The van der Waals surface area contributed by atoms with Gasteiger partial charge in [-0.05, 0) is 26.7 Å². The fourth-order valence-electron chi connectivity index (χ4n) is 2.27. The van der Waals surface area contributed by atoms with Crippen LogP contribution in [0.15, 0.2) is 16.8 Å². The smallest absolute Gasteiger partial charge is 0.267 e. The predicted octanol–water partition coefficient (Wildman–Crippen LogP) is 1.91. The van der Waals surface area contributed by atoms with E-state index >= 15 is 0 Å². The molecule has 1 unspecified atom stereocenters. The molecular formula is C17H31N3O4S. The zero-order valence-corrected chi connectivity index (χ0v) is 16.9. The number of piperidine rings is 1. The summed E-state index contributed by atoms with van der Waals surface area (Å²) in [6.45, 7) is 9.84. The second-order valence-electron chi connectivity index (χ2n) is 7.74. The summed E-state index contributed by atoms with van der Waals surface area (Å²) >= 11 is 0. The zero-order chi connectivity index (χ0) is 19.4. The van der Waals surface area contributed by atoms with Gasteiger partial charge in [-0.15, -0.1) is 0 Å². The molecule has 0 aromatic heterocycles. The molecule has 0 aromatic rings. The van der Waals surface area contributed by atoms with Crippen molar-refractivity contribution in [2.45, 2.75) is 58.3 Å². The van der Waals surface area contributed by atoms with Crippen molar-refractivity contribution < 1.29 is 18.8 Å². The van der Waals surface area contributed by atoms with Gasteiger partial charge in [0.25, 0.3) is 5.91 Å². The van der Waals surface area contributed by atoms with Crippen LogP contribution in [-0.2, 0) is 20.5 Å². The lowest BCUT2D eigenvalue weighted by Gasteiger charge is -2.34. The standard InChI is InChI=1S/C17H31N3O4S/c1-16(2,3)13(21)11-14(18)19-15(22)17(4,5)25(23)20-9-7-12(24-6)8-10-20/h11-12,21H,7-10H2,1-6H3,(H2,18,19,22)/b13-11-. The average molecular weight is 374 g/mol. The highest BCUT2D eigenvalue weighted by atomic mass is 32.2. The maximum atomic E-state index is 12.8. The zero-order valence-electron chi connectivity index (χ0n) is 16.0. The minimum Gasteiger partial charge on any atom is -0.512 e. The van der Waals surface area contributed by atoms with Crippen molar-refractivity contribution >= 4 is 22.7 Å². The van der Waals surface area contributed by atoms with E-state index < -0.39 is 27.1 Å². The topological polar surface area (TPSA) is 105 Å². The van der Waals surface area contributed by atoms with Gasteiger partial charge in [0.2, 0.25) is 0 Å². The van der Waals surface area contributed by atoms with Gasteiger partial charge >= 0.3 is 0 Å². The molecule has 1 atom stereocenters. The Bertz CT molecular complexity index is 571. The molecule has 1 heterocycles. The summed E-state index contributed by atoms with van der Waals surface area (Å²) < 4.78 is 18.7. The van der Waals surface area contributed by atoms with E-state index in [0.717, 1.165) is 12.8 Å². The second-order valence-corrected chi connectivity index (χ2v) is 9.78. The Morgan fingerprint density at radius 1 is 1.28 bits per heavy atom. The summed E-state index contributed by atoms with van der Waals surface area (Å²) in [5.41, 5.74) is 5.25. The molecule has 25 heavy (non-hydrogen) atoms. The summed E-state index contributed by atoms with van der Waals surface area (Å²) in [6.07, 6.45) is 2.99. The molecule has 7 nitrogen and oxygen atoms in total. The number of nitrogens with zero attached hydrogens (tertiary/aromatic N) is 2. The number of methoxy groups -OCH3 is 1. The molecule has 0 radical (unpaired) electrons. The monoisotopic (exact) mass is 373 g/mol. The Morgan fingerprint density at radius 3 is 2.24 bits per heavy atom. The molecule has 1 fully saturated rings. The number of aliphatic hydroxyl groups excluding tert-OH is 1. The molecule has 1 saturated heterocycles. The highest BCUT2D eigenvalue weighted by molar-refractivity contribution is 7.85. The van der Waals surface area contributed by atoms with Gasteiger partial charge in [0, 0.05) is 31.7 Å². The van der Waals surface area contributed by atoms with Crippen LogP contribution in [0.25, 0.3) is 0 Å². The van der Waals surface area contributed by atoms with E-state index in [0.29, 0.717) is 13.1 Å². The van der Waals surface area contributed by atoms with Gasteiger partial charge < -0.3 is 15.6 Å². The van der Waals surface area contributed by atoms with Gasteiger partial charge in [0.05, 0.1) is 6.10 Å². The van der Waals surface area contributed by atoms with E-state index in [-0.39, 0.29) is 17.7 Å². The fraction of sp³-hybridized carbons (Fsp3) is 0.765. The van der Waals surface area contributed by atoms with Gasteiger partial charge in [-0.25, -0.2) is 8.51 Å². The number of hydrogen-bond acceptors (Lipinski definition) is 4. The SMILES string of the molecule is COC1CCN(S(=O)C(C)(C)C(=O)N=C(N)/C=C(\O)C(C)(C)C)CC1. The number of amides is 1. The van der Waals surface area contributed by atoms with E-state index in [2.05, 4.69) is 4.99 Å². The summed E-state index contributed by atoms with van der Waals surface area (Å²) in [4.78, 5) is 16.3. The Morgan fingerprint density at radius 2 is 1.80 bits per heavy atom. The largest absolute Gasteiger partial charge is 0.512 e. The third-order valence-electron chi connectivity index (χ3n) is 4.20. The predicted molar refractivity (Wildman–Crippen MR) is 101 cm³/mol. The molecule has 8 heteroatoms. The Balaban J connectivity index is 2.85. The van der Waals surface area contributed by atoms with Crippen molar-refractivity contribution in [1.82, 2.24) is 4.31 Å². The van der Waals surface area contributed by atoms with E-state index in [4.69, 9.17) is 10.5 Å². The number of amidine groups is 1. The summed E-state index contributed by atoms with van der Waals surface area (Å²) in [6, 6.07) is 0. The van der Waals surface area contributed by atoms with Crippen LogP contribution >= 0.6 is 0 Å². The average Bonchev–Trinajstić information content (AvgIpc) is 2.53. The molecule has 0 spiro atoms. The lowest BCUT2D eigenvalue weighted by Crippen LogP contribution is -2.48. The van der Waals surface area contributed by atoms with Crippen LogP contribution in [0.2, 0.25) is 0 Å². The number of rotatable bonds is 5. The number of ether oxygens (including phenoxy) is 1. The molecule has 0 saturated carbocycles. The lowest BCUT2D eigenvalue weighted by molar-refractivity contribution is -0.119. The van der Waals surface area contributed by atoms with Crippen molar-refractivity contribution in [1.29, 1.82) is 0 Å². The first-order valence-electron chi connectivity index (χ1n) is 8.39. The van der Waals surface area contributed by atoms with Crippen LogP contribution in [0.3, 0.4) is 0 Å². The first-order valence-corrected chi connectivity index (χ1v) is 9.49. The van der Waals surface area contributed by atoms with Gasteiger partial charge in [-0.1, -0.05) is 20.8 Å². The first-order chi connectivity index (χ1) is 11.4. The third-order valence-corrected chi connectivity index (χ3v) is 6.09. The molecule has 0 aliphatic carbocycles. The van der Waals surface area contributed by atoms with Crippen LogP contribution in [0.1, 0.15) is 47.5 Å². The van der Waals surface area contributed by atoms with E-state index in [1.54, 1.807) is 25.3 Å². The quantitative estimate of drug-likeness (QED) is 0.435. The minimum absolute atomic E-state index is 0.0297.